The van der Waals surface area contributed by atoms with Gasteiger partial charge < -0.3 is 9.47 Å². The monoisotopic (exact) mass is 424 g/mol. The molecule has 1 saturated heterocycles. The molecule has 0 radical (unpaired) electrons. The van der Waals surface area contributed by atoms with Crippen LogP contribution in [0.5, 0.6) is 0 Å². The fourth-order valence-corrected chi connectivity index (χ4v) is 5.88. The molecule has 5 nitrogen and oxygen atoms in total. The summed E-state index contributed by atoms with van der Waals surface area (Å²) >= 11 is 0. The Morgan fingerprint density at radius 1 is 1.07 bits per heavy atom. The van der Waals surface area contributed by atoms with Crippen molar-refractivity contribution in [2.24, 2.45) is 12.5 Å². The van der Waals surface area contributed by atoms with E-state index in [1.807, 2.05) is 30.5 Å². The summed E-state index contributed by atoms with van der Waals surface area (Å²) in [7, 11) is -1.55. The molecule has 158 valence electrons. The molecule has 1 aromatic carbocycles. The smallest absolute Gasteiger partial charge is 0.254 e. The fourth-order valence-electron chi connectivity index (χ4n) is 4.97. The lowest BCUT2D eigenvalue weighted by atomic mass is 9.92. The third kappa shape index (κ3) is 3.13. The Bertz CT molecular complexity index is 1210. The molecule has 3 aliphatic rings. The van der Waals surface area contributed by atoms with Crippen LogP contribution in [0.3, 0.4) is 0 Å². The molecule has 30 heavy (non-hydrogen) atoms. The van der Waals surface area contributed by atoms with Gasteiger partial charge >= 0.3 is 0 Å². The first kappa shape index (κ1) is 19.6. The van der Waals surface area contributed by atoms with Crippen LogP contribution in [0.1, 0.15) is 43.7 Å². The summed E-state index contributed by atoms with van der Waals surface area (Å²) in [6, 6.07) is 5.54. The van der Waals surface area contributed by atoms with Gasteiger partial charge in [0.05, 0.1) is 10.6 Å². The molecule has 0 bridgehead atoms. The maximum atomic E-state index is 12.6. The predicted octanol–water partition coefficient (Wildman–Crippen LogP) is 3.80. The third-order valence-electron chi connectivity index (χ3n) is 7.24. The molecule has 2 aliphatic carbocycles. The number of fused-ring (bicyclic) bond motifs is 1. The van der Waals surface area contributed by atoms with Gasteiger partial charge in [-0.15, -0.1) is 0 Å². The number of anilines is 1. The number of hydrogen-bond acceptors (Lipinski definition) is 4. The van der Waals surface area contributed by atoms with E-state index in [1.165, 1.54) is 25.7 Å². The molecule has 1 saturated carbocycles. The molecule has 0 unspecified atom stereocenters. The van der Waals surface area contributed by atoms with E-state index in [4.69, 9.17) is 0 Å². The van der Waals surface area contributed by atoms with E-state index in [1.54, 1.807) is 24.6 Å². The fraction of sp³-hybridized carbons (Fsp3) is 0.458. The average molecular weight is 425 g/mol. The van der Waals surface area contributed by atoms with Gasteiger partial charge in [-0.25, -0.2) is 8.42 Å². The van der Waals surface area contributed by atoms with Crippen molar-refractivity contribution in [2.45, 2.75) is 43.9 Å². The van der Waals surface area contributed by atoms with Gasteiger partial charge in [-0.3, -0.25) is 4.79 Å². The minimum absolute atomic E-state index is 0.0197. The molecule has 0 atom stereocenters. The zero-order chi connectivity index (χ0) is 21.1. The Morgan fingerprint density at radius 2 is 1.80 bits per heavy atom. The average Bonchev–Trinajstić information content (AvgIpc) is 3.31. The second kappa shape index (κ2) is 6.84. The number of piperidine rings is 1. The molecular formula is C24H28N2O3S. The second-order valence-corrected chi connectivity index (χ2v) is 11.3. The summed E-state index contributed by atoms with van der Waals surface area (Å²) in [6.07, 6.45) is 11.6. The van der Waals surface area contributed by atoms with Crippen LogP contribution in [-0.4, -0.2) is 31.8 Å². The normalized spacial score (nSPS) is 19.3. The highest BCUT2D eigenvalue weighted by molar-refractivity contribution is 7.91. The Balaban J connectivity index is 1.68. The van der Waals surface area contributed by atoms with Crippen LogP contribution in [0.2, 0.25) is 0 Å². The standard InChI is InChI=1S/C24H28N2O3S/c1-3-30(28,29)17-7-8-22(26-13-11-24(9-10-24)12-14-26)20(15-17)21-16-25(2)23(27)19-6-4-5-18(19)21/h4-5,7-8,15-16H,3,6,9-14H2,1-2H3. The van der Waals surface area contributed by atoms with Crippen LogP contribution in [0.25, 0.3) is 17.2 Å². The van der Waals surface area contributed by atoms with Gasteiger partial charge in [-0.05, 0) is 61.3 Å². The molecule has 0 amide bonds. The van der Waals surface area contributed by atoms with E-state index < -0.39 is 9.84 Å². The lowest BCUT2D eigenvalue weighted by Crippen LogP contribution is -2.34. The summed E-state index contributed by atoms with van der Waals surface area (Å²) in [5, 5.41) is 0. The van der Waals surface area contributed by atoms with Crippen molar-refractivity contribution in [3.63, 3.8) is 0 Å². The van der Waals surface area contributed by atoms with E-state index in [9.17, 15) is 13.2 Å². The first-order valence-corrected chi connectivity index (χ1v) is 12.5. The van der Waals surface area contributed by atoms with Crippen molar-refractivity contribution in [3.8, 4) is 11.1 Å². The number of aromatic nitrogens is 1. The maximum absolute atomic E-state index is 12.6. The zero-order valence-electron chi connectivity index (χ0n) is 17.6. The van der Waals surface area contributed by atoms with Crippen LogP contribution in [0.15, 0.2) is 40.2 Å². The highest BCUT2D eigenvalue weighted by Gasteiger charge is 2.44. The first-order chi connectivity index (χ1) is 14.3. The van der Waals surface area contributed by atoms with Crippen LogP contribution >= 0.6 is 0 Å². The maximum Gasteiger partial charge on any atom is 0.254 e. The van der Waals surface area contributed by atoms with Gasteiger partial charge in [0, 0.05) is 48.7 Å². The van der Waals surface area contributed by atoms with Crippen molar-refractivity contribution in [2.75, 3.05) is 23.7 Å². The summed E-state index contributed by atoms with van der Waals surface area (Å²) in [6.45, 7) is 3.67. The van der Waals surface area contributed by atoms with E-state index in [0.717, 1.165) is 41.0 Å². The van der Waals surface area contributed by atoms with Crippen LogP contribution < -0.4 is 10.5 Å². The molecule has 1 aliphatic heterocycles. The molecule has 0 N–H and O–H groups in total. The van der Waals surface area contributed by atoms with E-state index >= 15 is 0 Å². The van der Waals surface area contributed by atoms with Crippen LogP contribution in [-0.2, 0) is 23.3 Å². The molecule has 2 aromatic rings. The van der Waals surface area contributed by atoms with Gasteiger partial charge in [0.1, 0.15) is 0 Å². The molecular weight excluding hydrogens is 396 g/mol. The van der Waals surface area contributed by atoms with Crippen molar-refractivity contribution < 1.29 is 8.42 Å². The van der Waals surface area contributed by atoms with Crippen LogP contribution in [0.4, 0.5) is 5.69 Å². The molecule has 1 aromatic heterocycles. The molecule has 5 rings (SSSR count). The second-order valence-electron chi connectivity index (χ2n) is 9.03. The summed E-state index contributed by atoms with van der Waals surface area (Å²) in [4.78, 5) is 15.3. The third-order valence-corrected chi connectivity index (χ3v) is 8.97. The molecule has 1 spiro atoms. The number of pyridine rings is 1. The van der Waals surface area contributed by atoms with Crippen molar-refractivity contribution >= 4 is 21.6 Å². The quantitative estimate of drug-likeness (QED) is 0.749. The highest BCUT2D eigenvalue weighted by Crippen LogP contribution is 2.54. The van der Waals surface area contributed by atoms with Gasteiger partial charge in [0.2, 0.25) is 0 Å². The number of rotatable bonds is 4. The minimum Gasteiger partial charge on any atom is -0.371 e. The Hall–Kier alpha value is -2.34. The SMILES string of the molecule is CCS(=O)(=O)c1ccc(N2CCC3(CC2)CC3)c(-c2cn(C)c(=O)c3c2C=CC3)c1. The van der Waals surface area contributed by atoms with Gasteiger partial charge in [-0.1, -0.05) is 19.1 Å². The number of allylic oxidation sites excluding steroid dienone is 1. The Labute approximate surface area is 178 Å². The number of sulfone groups is 1. The lowest BCUT2D eigenvalue weighted by molar-refractivity contribution is 0.384. The Kier molecular flexibility index (Phi) is 4.47. The van der Waals surface area contributed by atoms with Gasteiger partial charge in [0.15, 0.2) is 9.84 Å². The minimum atomic E-state index is -3.32. The molecule has 2 heterocycles. The first-order valence-electron chi connectivity index (χ1n) is 10.8. The highest BCUT2D eigenvalue weighted by atomic mass is 32.2. The number of aryl methyl sites for hydroxylation is 1. The summed E-state index contributed by atoms with van der Waals surface area (Å²) in [5.74, 6) is 0.0727. The Morgan fingerprint density at radius 3 is 2.47 bits per heavy atom. The number of benzene rings is 1. The molecule has 6 heteroatoms. The van der Waals surface area contributed by atoms with Crippen molar-refractivity contribution in [1.29, 1.82) is 0 Å². The topological polar surface area (TPSA) is 59.4 Å². The zero-order valence-corrected chi connectivity index (χ0v) is 18.5. The largest absolute Gasteiger partial charge is 0.371 e. The molecule has 2 fully saturated rings. The predicted molar refractivity (Wildman–Crippen MR) is 121 cm³/mol. The number of hydrogen-bond donors (Lipinski definition) is 0. The van der Waals surface area contributed by atoms with E-state index in [-0.39, 0.29) is 11.3 Å². The number of nitrogens with zero attached hydrogens (tertiary/aromatic N) is 2. The van der Waals surface area contributed by atoms with Crippen LogP contribution in [0, 0.1) is 5.41 Å². The summed E-state index contributed by atoms with van der Waals surface area (Å²) in [5.41, 5.74) is 5.24. The van der Waals surface area contributed by atoms with Crippen molar-refractivity contribution in [1.82, 2.24) is 4.57 Å². The summed E-state index contributed by atoms with van der Waals surface area (Å²) < 4.78 is 26.9. The van der Waals surface area contributed by atoms with Gasteiger partial charge in [-0.2, -0.15) is 0 Å². The van der Waals surface area contributed by atoms with Crippen molar-refractivity contribution in [3.05, 3.63) is 52.0 Å². The van der Waals surface area contributed by atoms with Gasteiger partial charge in [0.25, 0.3) is 5.56 Å². The van der Waals surface area contributed by atoms with E-state index in [0.29, 0.717) is 16.7 Å². The lowest BCUT2D eigenvalue weighted by Gasteiger charge is -2.35. The van der Waals surface area contributed by atoms with E-state index in [2.05, 4.69) is 4.90 Å².